The van der Waals surface area contributed by atoms with Crippen LogP contribution in [0.3, 0.4) is 0 Å². The van der Waals surface area contributed by atoms with Gasteiger partial charge in [-0.2, -0.15) is 0 Å². The zero-order chi connectivity index (χ0) is 14.6. The molecule has 3 heteroatoms. The Balaban J connectivity index is 2.13. The normalized spacial score (nSPS) is 18.4. The minimum atomic E-state index is -0.181. The molecule has 2 N–H and O–H groups in total. The van der Waals surface area contributed by atoms with Crippen molar-refractivity contribution in [2.75, 3.05) is 13.1 Å². The summed E-state index contributed by atoms with van der Waals surface area (Å²) in [6.07, 6.45) is 5.53. The molecule has 1 saturated heterocycles. The van der Waals surface area contributed by atoms with Gasteiger partial charge in [-0.3, -0.25) is 4.90 Å². The van der Waals surface area contributed by atoms with Crippen LogP contribution in [0.5, 0.6) is 0 Å². The lowest BCUT2D eigenvalue weighted by Crippen LogP contribution is -2.59. The highest BCUT2D eigenvalue weighted by Gasteiger charge is 2.40. The molecule has 2 nitrogen and oxygen atoms in total. The molecule has 1 aliphatic heterocycles. The Morgan fingerprint density at radius 3 is 2.20 bits per heavy atom. The molecule has 0 aliphatic carbocycles. The van der Waals surface area contributed by atoms with E-state index in [1.807, 2.05) is 12.1 Å². The highest BCUT2D eigenvalue weighted by Crippen LogP contribution is 2.32. The number of nitrogens with zero attached hydrogens (tertiary/aromatic N) is 1. The molecule has 1 atom stereocenters. The van der Waals surface area contributed by atoms with Gasteiger partial charge >= 0.3 is 0 Å². The van der Waals surface area contributed by atoms with Gasteiger partial charge in [0.2, 0.25) is 0 Å². The molecule has 1 aromatic rings. The molecule has 0 amide bonds. The predicted molar refractivity (Wildman–Crippen MR) is 82.2 cm³/mol. The standard InChI is InChI=1S/C17H27FN2/c1-3-17(4-2,20-11-5-6-12-20)16(19)13-14-7-9-15(18)10-8-14/h7-10,16H,3-6,11-13,19H2,1-2H3. The Morgan fingerprint density at radius 1 is 1.15 bits per heavy atom. The van der Waals surface area contributed by atoms with E-state index >= 15 is 0 Å². The van der Waals surface area contributed by atoms with Crippen LogP contribution in [0, 0.1) is 5.82 Å². The van der Waals surface area contributed by atoms with E-state index in [1.165, 1.54) is 38.1 Å². The van der Waals surface area contributed by atoms with E-state index in [2.05, 4.69) is 18.7 Å². The molecule has 1 aliphatic rings. The number of halogens is 1. The van der Waals surface area contributed by atoms with Crippen molar-refractivity contribution in [2.45, 2.75) is 57.5 Å². The van der Waals surface area contributed by atoms with Crippen molar-refractivity contribution in [1.29, 1.82) is 0 Å². The van der Waals surface area contributed by atoms with Crippen LogP contribution < -0.4 is 5.73 Å². The van der Waals surface area contributed by atoms with Crippen molar-refractivity contribution in [3.05, 3.63) is 35.6 Å². The van der Waals surface area contributed by atoms with Gasteiger partial charge in [-0.1, -0.05) is 26.0 Å². The van der Waals surface area contributed by atoms with Crippen molar-refractivity contribution in [3.8, 4) is 0 Å². The topological polar surface area (TPSA) is 29.3 Å². The summed E-state index contributed by atoms with van der Waals surface area (Å²) in [5.41, 5.74) is 7.81. The van der Waals surface area contributed by atoms with Crippen molar-refractivity contribution < 1.29 is 4.39 Å². The van der Waals surface area contributed by atoms with Gasteiger partial charge in [0, 0.05) is 11.6 Å². The number of hydrogen-bond donors (Lipinski definition) is 1. The first-order valence-electron chi connectivity index (χ1n) is 7.87. The van der Waals surface area contributed by atoms with Gasteiger partial charge in [-0.25, -0.2) is 4.39 Å². The molecule has 0 radical (unpaired) electrons. The van der Waals surface area contributed by atoms with Crippen LogP contribution in [-0.2, 0) is 6.42 Å². The molecule has 0 aromatic heterocycles. The van der Waals surface area contributed by atoms with Gasteiger partial charge in [0.25, 0.3) is 0 Å². The van der Waals surface area contributed by atoms with E-state index in [0.29, 0.717) is 0 Å². The maximum atomic E-state index is 13.0. The lowest BCUT2D eigenvalue weighted by Gasteiger charge is -2.45. The third-order valence-electron chi connectivity index (χ3n) is 5.02. The SMILES string of the molecule is CCC(CC)(C(N)Cc1ccc(F)cc1)N1CCCC1. The first-order valence-corrected chi connectivity index (χ1v) is 7.87. The molecule has 20 heavy (non-hydrogen) atoms. The van der Waals surface area contributed by atoms with Crippen LogP contribution in [-0.4, -0.2) is 29.6 Å². The Labute approximate surface area is 122 Å². The predicted octanol–water partition coefficient (Wildman–Crippen LogP) is 3.35. The van der Waals surface area contributed by atoms with Crippen molar-refractivity contribution >= 4 is 0 Å². The van der Waals surface area contributed by atoms with E-state index in [4.69, 9.17) is 5.73 Å². The molecular formula is C17H27FN2. The highest BCUT2D eigenvalue weighted by atomic mass is 19.1. The van der Waals surface area contributed by atoms with Gasteiger partial charge in [0.05, 0.1) is 0 Å². The second kappa shape index (κ2) is 6.68. The molecule has 1 fully saturated rings. The van der Waals surface area contributed by atoms with Crippen LogP contribution in [0.1, 0.15) is 45.1 Å². The largest absolute Gasteiger partial charge is 0.326 e. The van der Waals surface area contributed by atoms with Gasteiger partial charge < -0.3 is 5.73 Å². The van der Waals surface area contributed by atoms with Crippen LogP contribution in [0.4, 0.5) is 4.39 Å². The summed E-state index contributed by atoms with van der Waals surface area (Å²) in [6, 6.07) is 6.86. The number of benzene rings is 1. The third kappa shape index (κ3) is 3.04. The summed E-state index contributed by atoms with van der Waals surface area (Å²) in [5.74, 6) is -0.181. The molecule has 0 spiro atoms. The maximum absolute atomic E-state index is 13.0. The monoisotopic (exact) mass is 278 g/mol. The summed E-state index contributed by atoms with van der Waals surface area (Å²) in [4.78, 5) is 2.58. The Bertz CT molecular complexity index is 406. The smallest absolute Gasteiger partial charge is 0.123 e. The number of likely N-dealkylation sites (tertiary alicyclic amines) is 1. The summed E-state index contributed by atoms with van der Waals surface area (Å²) in [5, 5.41) is 0. The first kappa shape index (κ1) is 15.5. The van der Waals surface area contributed by atoms with E-state index in [0.717, 1.165) is 24.8 Å². The second-order valence-electron chi connectivity index (χ2n) is 5.94. The molecule has 0 bridgehead atoms. The van der Waals surface area contributed by atoms with Gasteiger partial charge in [-0.15, -0.1) is 0 Å². The first-order chi connectivity index (χ1) is 9.62. The zero-order valence-corrected chi connectivity index (χ0v) is 12.7. The molecular weight excluding hydrogens is 251 g/mol. The lowest BCUT2D eigenvalue weighted by atomic mass is 9.80. The van der Waals surface area contributed by atoms with Crippen LogP contribution in [0.2, 0.25) is 0 Å². The van der Waals surface area contributed by atoms with Crippen LogP contribution in [0.25, 0.3) is 0 Å². The molecule has 1 unspecified atom stereocenters. The average Bonchev–Trinajstić information content (AvgIpc) is 2.98. The third-order valence-corrected chi connectivity index (χ3v) is 5.02. The van der Waals surface area contributed by atoms with E-state index in [1.54, 1.807) is 0 Å². The fourth-order valence-electron chi connectivity index (χ4n) is 3.68. The molecule has 1 heterocycles. The lowest BCUT2D eigenvalue weighted by molar-refractivity contribution is 0.0768. The fraction of sp³-hybridized carbons (Fsp3) is 0.647. The van der Waals surface area contributed by atoms with Crippen LogP contribution >= 0.6 is 0 Å². The minimum Gasteiger partial charge on any atom is -0.326 e. The number of rotatable bonds is 6. The zero-order valence-electron chi connectivity index (χ0n) is 12.7. The van der Waals surface area contributed by atoms with Gasteiger partial charge in [-0.05, 0) is 62.9 Å². The van der Waals surface area contributed by atoms with Crippen molar-refractivity contribution in [2.24, 2.45) is 5.73 Å². The van der Waals surface area contributed by atoms with Crippen molar-refractivity contribution in [1.82, 2.24) is 4.90 Å². The number of nitrogens with two attached hydrogens (primary N) is 1. The quantitative estimate of drug-likeness (QED) is 0.864. The van der Waals surface area contributed by atoms with E-state index in [-0.39, 0.29) is 17.4 Å². The average molecular weight is 278 g/mol. The minimum absolute atomic E-state index is 0.0882. The second-order valence-corrected chi connectivity index (χ2v) is 5.94. The summed E-state index contributed by atoms with van der Waals surface area (Å²) < 4.78 is 13.0. The summed E-state index contributed by atoms with van der Waals surface area (Å²) in [7, 11) is 0. The fourth-order valence-corrected chi connectivity index (χ4v) is 3.68. The van der Waals surface area contributed by atoms with Crippen molar-refractivity contribution in [3.63, 3.8) is 0 Å². The van der Waals surface area contributed by atoms with Gasteiger partial charge in [0.1, 0.15) is 5.82 Å². The molecule has 2 rings (SSSR count). The van der Waals surface area contributed by atoms with E-state index < -0.39 is 0 Å². The summed E-state index contributed by atoms with van der Waals surface area (Å²) >= 11 is 0. The highest BCUT2D eigenvalue weighted by molar-refractivity contribution is 5.19. The number of hydrogen-bond acceptors (Lipinski definition) is 2. The summed E-state index contributed by atoms with van der Waals surface area (Å²) in [6.45, 7) is 6.82. The van der Waals surface area contributed by atoms with Crippen LogP contribution in [0.15, 0.2) is 24.3 Å². The maximum Gasteiger partial charge on any atom is 0.123 e. The molecule has 112 valence electrons. The van der Waals surface area contributed by atoms with E-state index in [9.17, 15) is 4.39 Å². The van der Waals surface area contributed by atoms with Gasteiger partial charge in [0.15, 0.2) is 0 Å². The Morgan fingerprint density at radius 2 is 1.70 bits per heavy atom. The molecule has 1 aromatic carbocycles. The molecule has 0 saturated carbocycles. The Hall–Kier alpha value is -0.930. The Kier molecular flexibility index (Phi) is 5.17.